The van der Waals surface area contributed by atoms with Gasteiger partial charge in [-0.05, 0) is 47.9 Å². The van der Waals surface area contributed by atoms with Crippen molar-refractivity contribution in [2.45, 2.75) is 13.0 Å². The van der Waals surface area contributed by atoms with Crippen LogP contribution in [0.15, 0.2) is 30.3 Å². The van der Waals surface area contributed by atoms with E-state index in [9.17, 15) is 9.90 Å². The minimum absolute atomic E-state index is 0.0788. The van der Waals surface area contributed by atoms with Crippen molar-refractivity contribution in [1.82, 2.24) is 10.2 Å². The second-order valence-electron chi connectivity index (χ2n) is 6.42. The number of amides is 1. The average molecular weight is 391 g/mol. The van der Waals surface area contributed by atoms with Crippen LogP contribution in [0, 0.1) is 0 Å². The van der Waals surface area contributed by atoms with Gasteiger partial charge in [0.2, 0.25) is 0 Å². The number of fused-ring (bicyclic) bond motifs is 1. The minimum Gasteiger partial charge on any atom is -0.507 e. The first kappa shape index (κ1) is 19.3. The van der Waals surface area contributed by atoms with Crippen LogP contribution in [0.1, 0.15) is 21.5 Å². The fourth-order valence-corrected chi connectivity index (χ4v) is 3.42. The SMILES string of the molecule is COc1cc2c(cc1OC)CN(CCNC(=O)c1cc(Cl)ccc1O)CC2. The molecule has 3 rings (SSSR count). The Labute approximate surface area is 163 Å². The summed E-state index contributed by atoms with van der Waals surface area (Å²) in [5.74, 6) is 1.06. The van der Waals surface area contributed by atoms with Crippen LogP contribution in [0.4, 0.5) is 0 Å². The van der Waals surface area contributed by atoms with Crippen molar-refractivity contribution in [2.24, 2.45) is 0 Å². The largest absolute Gasteiger partial charge is 0.507 e. The van der Waals surface area contributed by atoms with Gasteiger partial charge in [-0.3, -0.25) is 9.69 Å². The van der Waals surface area contributed by atoms with E-state index in [0.29, 0.717) is 18.1 Å². The van der Waals surface area contributed by atoms with Gasteiger partial charge < -0.3 is 19.9 Å². The van der Waals surface area contributed by atoms with Crippen molar-refractivity contribution in [3.05, 3.63) is 52.0 Å². The number of phenolic OH excluding ortho intramolecular Hbond substituents is 1. The molecule has 7 heteroatoms. The number of nitrogens with zero attached hydrogens (tertiary/aromatic N) is 1. The van der Waals surface area contributed by atoms with Crippen molar-refractivity contribution in [2.75, 3.05) is 33.9 Å². The molecule has 0 aliphatic carbocycles. The molecule has 1 aliphatic heterocycles. The van der Waals surface area contributed by atoms with Crippen LogP contribution in [0.3, 0.4) is 0 Å². The molecule has 0 unspecified atom stereocenters. The normalized spacial score (nSPS) is 13.7. The maximum atomic E-state index is 12.2. The van der Waals surface area contributed by atoms with Crippen molar-refractivity contribution >= 4 is 17.5 Å². The molecule has 1 aliphatic rings. The van der Waals surface area contributed by atoms with Crippen LogP contribution in [0.5, 0.6) is 17.2 Å². The van der Waals surface area contributed by atoms with E-state index in [4.69, 9.17) is 21.1 Å². The van der Waals surface area contributed by atoms with E-state index in [-0.39, 0.29) is 17.2 Å². The number of phenols is 1. The van der Waals surface area contributed by atoms with Gasteiger partial charge in [-0.2, -0.15) is 0 Å². The first-order chi connectivity index (χ1) is 13.0. The summed E-state index contributed by atoms with van der Waals surface area (Å²) in [6, 6.07) is 8.48. The van der Waals surface area contributed by atoms with E-state index >= 15 is 0 Å². The number of methoxy groups -OCH3 is 2. The Bertz CT molecular complexity index is 841. The molecule has 27 heavy (non-hydrogen) atoms. The molecule has 0 fully saturated rings. The number of hydrogen-bond donors (Lipinski definition) is 2. The summed E-state index contributed by atoms with van der Waals surface area (Å²) >= 11 is 5.89. The predicted octanol–water partition coefficient (Wildman–Crippen LogP) is 2.85. The average Bonchev–Trinajstić information content (AvgIpc) is 2.68. The quantitative estimate of drug-likeness (QED) is 0.793. The Morgan fingerprint density at radius 3 is 2.59 bits per heavy atom. The standard InChI is InChI=1S/C20H23ClN2O4/c1-26-18-9-13-5-7-23(12-14(13)10-19(18)27-2)8-6-22-20(25)16-11-15(21)3-4-17(16)24/h3-4,9-11,24H,5-8,12H2,1-2H3,(H,22,25). The zero-order valence-corrected chi connectivity index (χ0v) is 16.2. The van der Waals surface area contributed by atoms with E-state index in [0.717, 1.165) is 31.0 Å². The molecular formula is C20H23ClN2O4. The molecule has 6 nitrogen and oxygen atoms in total. The summed E-state index contributed by atoms with van der Waals surface area (Å²) in [4.78, 5) is 14.5. The molecule has 0 aromatic heterocycles. The highest BCUT2D eigenvalue weighted by molar-refractivity contribution is 6.31. The minimum atomic E-state index is -0.334. The highest BCUT2D eigenvalue weighted by Crippen LogP contribution is 2.33. The first-order valence-corrected chi connectivity index (χ1v) is 9.12. The summed E-state index contributed by atoms with van der Waals surface area (Å²) < 4.78 is 10.7. The summed E-state index contributed by atoms with van der Waals surface area (Å²) in [6.07, 6.45) is 0.915. The predicted molar refractivity (Wildman–Crippen MR) is 104 cm³/mol. The first-order valence-electron chi connectivity index (χ1n) is 8.74. The highest BCUT2D eigenvalue weighted by Gasteiger charge is 2.19. The number of halogens is 1. The molecule has 0 bridgehead atoms. The van der Waals surface area contributed by atoms with Gasteiger partial charge in [0.05, 0.1) is 19.8 Å². The van der Waals surface area contributed by atoms with Crippen molar-refractivity contribution in [3.63, 3.8) is 0 Å². The molecule has 0 saturated carbocycles. The maximum Gasteiger partial charge on any atom is 0.255 e. The van der Waals surface area contributed by atoms with Gasteiger partial charge in [-0.1, -0.05) is 11.6 Å². The molecule has 1 heterocycles. The fourth-order valence-electron chi connectivity index (χ4n) is 3.25. The smallest absolute Gasteiger partial charge is 0.255 e. The summed E-state index contributed by atoms with van der Waals surface area (Å²) in [6.45, 7) is 2.88. The van der Waals surface area contributed by atoms with Crippen molar-refractivity contribution in [1.29, 1.82) is 0 Å². The van der Waals surface area contributed by atoms with E-state index in [2.05, 4.69) is 10.2 Å². The van der Waals surface area contributed by atoms with Crippen molar-refractivity contribution < 1.29 is 19.4 Å². The number of rotatable bonds is 6. The molecule has 0 radical (unpaired) electrons. The Balaban J connectivity index is 1.57. The van der Waals surface area contributed by atoms with Gasteiger partial charge in [0.1, 0.15) is 5.75 Å². The van der Waals surface area contributed by atoms with Crippen LogP contribution < -0.4 is 14.8 Å². The molecule has 2 aromatic rings. The molecular weight excluding hydrogens is 368 g/mol. The van der Waals surface area contributed by atoms with Gasteiger partial charge >= 0.3 is 0 Å². The van der Waals surface area contributed by atoms with Gasteiger partial charge in [-0.25, -0.2) is 0 Å². The topological polar surface area (TPSA) is 71.0 Å². The second-order valence-corrected chi connectivity index (χ2v) is 6.86. The number of carbonyl (C=O) groups is 1. The van der Waals surface area contributed by atoms with Crippen LogP contribution in [-0.2, 0) is 13.0 Å². The number of carbonyl (C=O) groups excluding carboxylic acids is 1. The Morgan fingerprint density at radius 1 is 1.19 bits per heavy atom. The number of nitrogens with one attached hydrogen (secondary N) is 1. The second kappa shape index (κ2) is 8.50. The van der Waals surface area contributed by atoms with Gasteiger partial charge in [0.15, 0.2) is 11.5 Å². The monoisotopic (exact) mass is 390 g/mol. The maximum absolute atomic E-state index is 12.2. The van der Waals surface area contributed by atoms with Crippen LogP contribution in [0.2, 0.25) is 5.02 Å². The number of ether oxygens (including phenoxy) is 2. The molecule has 0 atom stereocenters. The van der Waals surface area contributed by atoms with Gasteiger partial charge in [0.25, 0.3) is 5.91 Å². The summed E-state index contributed by atoms with van der Waals surface area (Å²) in [5, 5.41) is 13.0. The summed E-state index contributed by atoms with van der Waals surface area (Å²) in [7, 11) is 3.27. The Kier molecular flexibility index (Phi) is 6.08. The Hall–Kier alpha value is -2.44. The van der Waals surface area contributed by atoms with E-state index in [1.54, 1.807) is 20.3 Å². The molecule has 0 saturated heterocycles. The third-order valence-electron chi connectivity index (χ3n) is 4.71. The third kappa shape index (κ3) is 4.46. The number of benzene rings is 2. The summed E-state index contributed by atoms with van der Waals surface area (Å²) in [5.41, 5.74) is 2.65. The molecule has 2 N–H and O–H groups in total. The lowest BCUT2D eigenvalue weighted by molar-refractivity contribution is 0.0944. The fraction of sp³-hybridized carbons (Fsp3) is 0.350. The lowest BCUT2D eigenvalue weighted by Gasteiger charge is -2.29. The molecule has 2 aromatic carbocycles. The number of hydrogen-bond acceptors (Lipinski definition) is 5. The molecule has 144 valence electrons. The van der Waals surface area contributed by atoms with Crippen LogP contribution in [0.25, 0.3) is 0 Å². The number of aromatic hydroxyl groups is 1. The lowest BCUT2D eigenvalue weighted by atomic mass is 9.99. The van der Waals surface area contributed by atoms with Crippen molar-refractivity contribution in [3.8, 4) is 17.2 Å². The molecule has 1 amide bonds. The zero-order chi connectivity index (χ0) is 19.4. The van der Waals surface area contributed by atoms with E-state index < -0.39 is 0 Å². The lowest BCUT2D eigenvalue weighted by Crippen LogP contribution is -2.37. The van der Waals surface area contributed by atoms with Gasteiger partial charge in [-0.15, -0.1) is 0 Å². The third-order valence-corrected chi connectivity index (χ3v) is 4.95. The highest BCUT2D eigenvalue weighted by atomic mass is 35.5. The van der Waals surface area contributed by atoms with Crippen LogP contribution in [-0.4, -0.2) is 49.8 Å². The van der Waals surface area contributed by atoms with E-state index in [1.807, 2.05) is 12.1 Å². The zero-order valence-electron chi connectivity index (χ0n) is 15.4. The molecule has 0 spiro atoms. The Morgan fingerprint density at radius 2 is 1.89 bits per heavy atom. The van der Waals surface area contributed by atoms with Gasteiger partial charge in [0, 0.05) is 31.2 Å². The van der Waals surface area contributed by atoms with Crippen LogP contribution >= 0.6 is 11.6 Å². The van der Waals surface area contributed by atoms with E-state index in [1.165, 1.54) is 23.3 Å².